The third kappa shape index (κ3) is 4.75. The van der Waals surface area contributed by atoms with Crippen LogP contribution in [-0.2, 0) is 17.9 Å². The molecule has 0 atom stereocenters. The molecule has 0 spiro atoms. The maximum atomic E-state index is 13.1. The number of para-hydroxylation sites is 1. The molecule has 3 aromatic rings. The number of aliphatic hydroxyl groups is 1. The Labute approximate surface area is 161 Å². The minimum atomic E-state index is -0.295. The summed E-state index contributed by atoms with van der Waals surface area (Å²) in [5, 5.41) is 10.2. The van der Waals surface area contributed by atoms with Gasteiger partial charge in [0.2, 0.25) is 5.91 Å². The molecule has 0 radical (unpaired) electrons. The molecular formula is C20H20FN3O2S. The molecule has 0 unspecified atom stereocenters. The van der Waals surface area contributed by atoms with Crippen LogP contribution in [0.3, 0.4) is 0 Å². The molecule has 5 nitrogen and oxygen atoms in total. The number of rotatable bonds is 7. The van der Waals surface area contributed by atoms with E-state index in [-0.39, 0.29) is 24.1 Å². The molecule has 1 N–H and O–H groups in total. The van der Waals surface area contributed by atoms with Crippen molar-refractivity contribution in [2.45, 2.75) is 18.3 Å². The topological polar surface area (TPSA) is 58.4 Å². The van der Waals surface area contributed by atoms with Crippen LogP contribution in [0.5, 0.6) is 0 Å². The summed E-state index contributed by atoms with van der Waals surface area (Å²) in [4.78, 5) is 18.4. The summed E-state index contributed by atoms with van der Waals surface area (Å²) < 4.78 is 15.0. The van der Waals surface area contributed by atoms with Crippen LogP contribution in [0.2, 0.25) is 0 Å². The average Bonchev–Trinajstić information content (AvgIpc) is 3.09. The molecule has 0 fully saturated rings. The molecule has 0 saturated carbocycles. The molecule has 0 aliphatic heterocycles. The predicted molar refractivity (Wildman–Crippen MR) is 104 cm³/mol. The van der Waals surface area contributed by atoms with E-state index in [4.69, 9.17) is 0 Å². The Morgan fingerprint density at radius 1 is 1.19 bits per heavy atom. The first-order valence-corrected chi connectivity index (χ1v) is 9.41. The largest absolute Gasteiger partial charge is 0.390 e. The molecule has 0 aliphatic carbocycles. The zero-order valence-corrected chi connectivity index (χ0v) is 15.7. The fourth-order valence-electron chi connectivity index (χ4n) is 2.59. The number of hydrogen-bond acceptors (Lipinski definition) is 4. The van der Waals surface area contributed by atoms with Crippen LogP contribution in [-0.4, -0.2) is 33.4 Å². The third-order valence-electron chi connectivity index (χ3n) is 4.16. The monoisotopic (exact) mass is 385 g/mol. The number of carbonyl (C=O) groups is 1. The summed E-state index contributed by atoms with van der Waals surface area (Å²) in [6.45, 7) is 0.286. The van der Waals surface area contributed by atoms with E-state index >= 15 is 0 Å². The standard InChI is InChI=1S/C20H20FN3O2S/c1-23(17-5-3-2-4-6-17)19(26)14-27-20-22-11-18(13-25)24(20)12-15-7-9-16(21)10-8-15/h2-11,25H,12-14H2,1H3. The molecule has 7 heteroatoms. The van der Waals surface area contributed by atoms with Gasteiger partial charge in [0.25, 0.3) is 0 Å². The number of benzene rings is 2. The molecule has 0 saturated heterocycles. The molecule has 1 amide bonds. The SMILES string of the molecule is CN(C(=O)CSc1ncc(CO)n1Cc1ccc(F)cc1)c1ccccc1. The Morgan fingerprint density at radius 3 is 2.56 bits per heavy atom. The maximum absolute atomic E-state index is 13.1. The van der Waals surface area contributed by atoms with Crippen molar-refractivity contribution in [2.75, 3.05) is 17.7 Å². The average molecular weight is 385 g/mol. The highest BCUT2D eigenvalue weighted by Gasteiger charge is 2.15. The van der Waals surface area contributed by atoms with E-state index in [9.17, 15) is 14.3 Å². The summed E-state index contributed by atoms with van der Waals surface area (Å²) in [5.41, 5.74) is 2.36. The van der Waals surface area contributed by atoms with Gasteiger partial charge in [-0.15, -0.1) is 0 Å². The van der Waals surface area contributed by atoms with E-state index in [0.29, 0.717) is 17.4 Å². The molecule has 0 bridgehead atoms. The van der Waals surface area contributed by atoms with Gasteiger partial charge in [-0.2, -0.15) is 0 Å². The smallest absolute Gasteiger partial charge is 0.237 e. The van der Waals surface area contributed by atoms with Gasteiger partial charge < -0.3 is 14.6 Å². The second-order valence-corrected chi connectivity index (χ2v) is 6.92. The van der Waals surface area contributed by atoms with Crippen molar-refractivity contribution >= 4 is 23.4 Å². The molecule has 3 rings (SSSR count). The summed E-state index contributed by atoms with van der Waals surface area (Å²) in [6.07, 6.45) is 1.59. The number of aliphatic hydroxyl groups excluding tert-OH is 1. The van der Waals surface area contributed by atoms with Crippen molar-refractivity contribution in [3.05, 3.63) is 77.9 Å². The first-order chi connectivity index (χ1) is 13.1. The van der Waals surface area contributed by atoms with E-state index in [2.05, 4.69) is 4.98 Å². The minimum Gasteiger partial charge on any atom is -0.390 e. The van der Waals surface area contributed by atoms with Crippen LogP contribution in [0, 0.1) is 5.82 Å². The van der Waals surface area contributed by atoms with Gasteiger partial charge in [0.15, 0.2) is 5.16 Å². The first kappa shape index (κ1) is 19.1. The fraction of sp³-hybridized carbons (Fsp3) is 0.200. The lowest BCUT2D eigenvalue weighted by Crippen LogP contribution is -2.28. The van der Waals surface area contributed by atoms with E-state index in [0.717, 1.165) is 11.3 Å². The summed E-state index contributed by atoms with van der Waals surface area (Å²) >= 11 is 1.31. The second-order valence-electron chi connectivity index (χ2n) is 5.98. The van der Waals surface area contributed by atoms with E-state index in [1.807, 2.05) is 34.9 Å². The van der Waals surface area contributed by atoms with Crippen LogP contribution in [0.25, 0.3) is 0 Å². The van der Waals surface area contributed by atoms with E-state index in [1.165, 1.54) is 23.9 Å². The van der Waals surface area contributed by atoms with E-state index < -0.39 is 0 Å². The molecule has 1 aromatic heterocycles. The zero-order chi connectivity index (χ0) is 19.2. The van der Waals surface area contributed by atoms with Crippen molar-refractivity contribution in [2.24, 2.45) is 0 Å². The minimum absolute atomic E-state index is 0.0481. The lowest BCUT2D eigenvalue weighted by atomic mass is 10.2. The van der Waals surface area contributed by atoms with Crippen LogP contribution < -0.4 is 4.90 Å². The van der Waals surface area contributed by atoms with Gasteiger partial charge in [-0.25, -0.2) is 9.37 Å². The van der Waals surface area contributed by atoms with Gasteiger partial charge in [0.05, 0.1) is 24.3 Å². The Kier molecular flexibility index (Phi) is 6.26. The number of hydrogen-bond donors (Lipinski definition) is 1. The first-order valence-electron chi connectivity index (χ1n) is 8.42. The maximum Gasteiger partial charge on any atom is 0.237 e. The third-order valence-corrected chi connectivity index (χ3v) is 5.14. The van der Waals surface area contributed by atoms with Crippen molar-refractivity contribution in [1.29, 1.82) is 0 Å². The Morgan fingerprint density at radius 2 is 1.89 bits per heavy atom. The number of anilines is 1. The lowest BCUT2D eigenvalue weighted by molar-refractivity contribution is -0.115. The van der Waals surface area contributed by atoms with Crippen LogP contribution in [0.4, 0.5) is 10.1 Å². The highest BCUT2D eigenvalue weighted by Crippen LogP contribution is 2.22. The highest BCUT2D eigenvalue weighted by atomic mass is 32.2. The van der Waals surface area contributed by atoms with E-state index in [1.54, 1.807) is 30.3 Å². The highest BCUT2D eigenvalue weighted by molar-refractivity contribution is 7.99. The number of imidazole rings is 1. The molecule has 27 heavy (non-hydrogen) atoms. The van der Waals surface area contributed by atoms with Gasteiger partial charge in [0, 0.05) is 19.3 Å². The number of amides is 1. The quantitative estimate of drug-likeness (QED) is 0.634. The number of halogens is 1. The summed E-state index contributed by atoms with van der Waals surface area (Å²) in [5.74, 6) is -0.125. The second kappa shape index (κ2) is 8.83. The van der Waals surface area contributed by atoms with Crippen molar-refractivity contribution in [3.63, 3.8) is 0 Å². The van der Waals surface area contributed by atoms with Gasteiger partial charge in [0.1, 0.15) is 5.82 Å². The Bertz CT molecular complexity index is 897. The number of thioether (sulfide) groups is 1. The zero-order valence-electron chi connectivity index (χ0n) is 14.9. The van der Waals surface area contributed by atoms with Gasteiger partial charge in [-0.05, 0) is 29.8 Å². The van der Waals surface area contributed by atoms with Crippen LogP contribution in [0.15, 0.2) is 66.0 Å². The molecule has 0 aliphatic rings. The number of aromatic nitrogens is 2. The van der Waals surface area contributed by atoms with Crippen molar-refractivity contribution in [1.82, 2.24) is 9.55 Å². The Hall–Kier alpha value is -2.64. The summed E-state index contributed by atoms with van der Waals surface area (Å²) in [7, 11) is 1.74. The number of carbonyl (C=O) groups excluding carboxylic acids is 1. The van der Waals surface area contributed by atoms with Gasteiger partial charge >= 0.3 is 0 Å². The molecule has 1 heterocycles. The Balaban J connectivity index is 1.70. The van der Waals surface area contributed by atoms with Crippen molar-refractivity contribution in [3.8, 4) is 0 Å². The fourth-order valence-corrected chi connectivity index (χ4v) is 3.50. The lowest BCUT2D eigenvalue weighted by Gasteiger charge is -2.17. The predicted octanol–water partition coefficient (Wildman–Crippen LogP) is 3.32. The number of nitrogens with zero attached hydrogens (tertiary/aromatic N) is 3. The van der Waals surface area contributed by atoms with Gasteiger partial charge in [-0.3, -0.25) is 4.79 Å². The van der Waals surface area contributed by atoms with Crippen molar-refractivity contribution < 1.29 is 14.3 Å². The van der Waals surface area contributed by atoms with Crippen LogP contribution in [0.1, 0.15) is 11.3 Å². The van der Waals surface area contributed by atoms with Crippen LogP contribution >= 0.6 is 11.8 Å². The van der Waals surface area contributed by atoms with Gasteiger partial charge in [-0.1, -0.05) is 42.1 Å². The molecule has 140 valence electrons. The normalized spacial score (nSPS) is 10.8. The summed E-state index contributed by atoms with van der Waals surface area (Å²) in [6, 6.07) is 15.6. The molecular weight excluding hydrogens is 365 g/mol. The molecule has 2 aromatic carbocycles.